The molecule has 1 fully saturated rings. The molecule has 3 heteroatoms. The van der Waals surface area contributed by atoms with Gasteiger partial charge in [0.15, 0.2) is 0 Å². The molecule has 0 amide bonds. The normalized spacial score (nSPS) is 17.4. The number of ether oxygens (including phenoxy) is 1. The third kappa shape index (κ3) is 2.91. The van der Waals surface area contributed by atoms with Crippen molar-refractivity contribution in [3.63, 3.8) is 0 Å². The monoisotopic (exact) mass is 234 g/mol. The second kappa shape index (κ2) is 5.41. The Morgan fingerprint density at radius 3 is 2.65 bits per heavy atom. The third-order valence-corrected chi connectivity index (χ3v) is 3.46. The van der Waals surface area contributed by atoms with Crippen LogP contribution in [0.15, 0.2) is 18.2 Å². The molecule has 94 valence electrons. The fourth-order valence-electron chi connectivity index (χ4n) is 2.37. The molecule has 0 bridgehead atoms. The van der Waals surface area contributed by atoms with Gasteiger partial charge in [-0.05, 0) is 50.5 Å². The molecule has 2 rings (SSSR count). The van der Waals surface area contributed by atoms with Crippen molar-refractivity contribution in [1.29, 1.82) is 0 Å². The Labute approximate surface area is 104 Å². The van der Waals surface area contributed by atoms with Gasteiger partial charge in [-0.15, -0.1) is 0 Å². The second-order valence-electron chi connectivity index (χ2n) is 4.68. The minimum atomic E-state index is 0.450. The highest BCUT2D eigenvalue weighted by molar-refractivity contribution is 5.58. The summed E-state index contributed by atoms with van der Waals surface area (Å²) in [6.45, 7) is 7.11. The van der Waals surface area contributed by atoms with Gasteiger partial charge in [0.25, 0.3) is 0 Å². The quantitative estimate of drug-likeness (QED) is 0.817. The zero-order valence-corrected chi connectivity index (χ0v) is 10.8. The standard InChI is InChI=1S/C14H22N2O/c1-3-17-13-6-8-16(9-7-13)12-4-5-14(15)11(2)10-12/h4-5,10,13H,3,6-9,15H2,1-2H3. The lowest BCUT2D eigenvalue weighted by Crippen LogP contribution is -2.37. The Morgan fingerprint density at radius 2 is 2.06 bits per heavy atom. The molecule has 1 aliphatic heterocycles. The summed E-state index contributed by atoms with van der Waals surface area (Å²) in [6, 6.07) is 6.29. The Morgan fingerprint density at radius 1 is 1.35 bits per heavy atom. The van der Waals surface area contributed by atoms with Crippen molar-refractivity contribution in [1.82, 2.24) is 0 Å². The number of piperidine rings is 1. The number of hydrogen-bond donors (Lipinski definition) is 1. The number of hydrogen-bond acceptors (Lipinski definition) is 3. The van der Waals surface area contributed by atoms with Gasteiger partial charge in [-0.3, -0.25) is 0 Å². The van der Waals surface area contributed by atoms with Crippen LogP contribution < -0.4 is 10.6 Å². The summed E-state index contributed by atoms with van der Waals surface area (Å²) in [6.07, 6.45) is 2.69. The SMILES string of the molecule is CCOC1CCN(c2ccc(N)c(C)c2)CC1. The van der Waals surface area contributed by atoms with E-state index in [0.717, 1.165) is 43.8 Å². The summed E-state index contributed by atoms with van der Waals surface area (Å²) in [7, 11) is 0. The molecule has 1 aliphatic rings. The van der Waals surface area contributed by atoms with Crippen molar-refractivity contribution in [3.8, 4) is 0 Å². The van der Waals surface area contributed by atoms with Gasteiger partial charge >= 0.3 is 0 Å². The van der Waals surface area contributed by atoms with Crippen LogP contribution in [-0.2, 0) is 4.74 Å². The van der Waals surface area contributed by atoms with Crippen LogP contribution in [0, 0.1) is 6.92 Å². The van der Waals surface area contributed by atoms with Gasteiger partial charge in [0.05, 0.1) is 6.10 Å². The van der Waals surface area contributed by atoms with E-state index in [0.29, 0.717) is 6.10 Å². The highest BCUT2D eigenvalue weighted by Gasteiger charge is 2.19. The van der Waals surface area contributed by atoms with E-state index in [4.69, 9.17) is 10.5 Å². The summed E-state index contributed by atoms with van der Waals surface area (Å²) in [5.41, 5.74) is 9.16. The maximum atomic E-state index is 5.84. The highest BCUT2D eigenvalue weighted by Crippen LogP contribution is 2.24. The zero-order valence-electron chi connectivity index (χ0n) is 10.8. The third-order valence-electron chi connectivity index (χ3n) is 3.46. The number of aryl methyl sites for hydroxylation is 1. The van der Waals surface area contributed by atoms with Crippen molar-refractivity contribution < 1.29 is 4.74 Å². The molecule has 1 heterocycles. The molecule has 0 aliphatic carbocycles. The van der Waals surface area contributed by atoms with Gasteiger partial charge in [-0.2, -0.15) is 0 Å². The zero-order chi connectivity index (χ0) is 12.3. The fraction of sp³-hybridized carbons (Fsp3) is 0.571. The minimum Gasteiger partial charge on any atom is -0.399 e. The number of benzene rings is 1. The summed E-state index contributed by atoms with van der Waals surface area (Å²) >= 11 is 0. The first-order valence-corrected chi connectivity index (χ1v) is 6.43. The van der Waals surface area contributed by atoms with Crippen molar-refractivity contribution >= 4 is 11.4 Å². The molecule has 2 N–H and O–H groups in total. The predicted molar refractivity (Wildman–Crippen MR) is 72.5 cm³/mol. The smallest absolute Gasteiger partial charge is 0.0608 e. The van der Waals surface area contributed by atoms with Gasteiger partial charge in [0.2, 0.25) is 0 Å². The van der Waals surface area contributed by atoms with Crippen LogP contribution >= 0.6 is 0 Å². The number of anilines is 2. The molecule has 1 saturated heterocycles. The first kappa shape index (κ1) is 12.2. The van der Waals surface area contributed by atoms with Gasteiger partial charge in [-0.25, -0.2) is 0 Å². The minimum absolute atomic E-state index is 0.450. The molecule has 0 atom stereocenters. The Kier molecular flexibility index (Phi) is 3.89. The number of rotatable bonds is 3. The van der Waals surface area contributed by atoms with E-state index in [-0.39, 0.29) is 0 Å². The lowest BCUT2D eigenvalue weighted by Gasteiger charge is -2.33. The Bertz CT molecular complexity index is 370. The number of nitrogens with zero attached hydrogens (tertiary/aromatic N) is 1. The number of nitrogen functional groups attached to an aromatic ring is 1. The van der Waals surface area contributed by atoms with Gasteiger partial charge < -0.3 is 15.4 Å². The van der Waals surface area contributed by atoms with E-state index in [1.54, 1.807) is 0 Å². The first-order chi connectivity index (χ1) is 8.20. The molecule has 1 aromatic rings. The van der Waals surface area contributed by atoms with E-state index in [1.807, 2.05) is 6.07 Å². The van der Waals surface area contributed by atoms with Crippen LogP contribution in [0.1, 0.15) is 25.3 Å². The van der Waals surface area contributed by atoms with E-state index in [2.05, 4.69) is 30.9 Å². The molecular weight excluding hydrogens is 212 g/mol. The average Bonchev–Trinajstić information content (AvgIpc) is 2.34. The average molecular weight is 234 g/mol. The van der Waals surface area contributed by atoms with Crippen LogP contribution in [0.25, 0.3) is 0 Å². The van der Waals surface area contributed by atoms with Gasteiger partial charge in [0.1, 0.15) is 0 Å². The van der Waals surface area contributed by atoms with E-state index in [1.165, 1.54) is 5.69 Å². The van der Waals surface area contributed by atoms with Gasteiger partial charge in [-0.1, -0.05) is 0 Å². The first-order valence-electron chi connectivity index (χ1n) is 6.43. The summed E-state index contributed by atoms with van der Waals surface area (Å²) in [5, 5.41) is 0. The largest absolute Gasteiger partial charge is 0.399 e. The topological polar surface area (TPSA) is 38.5 Å². The van der Waals surface area contributed by atoms with Crippen molar-refractivity contribution in [2.75, 3.05) is 30.3 Å². The number of nitrogens with two attached hydrogens (primary N) is 1. The van der Waals surface area contributed by atoms with Crippen LogP contribution in [0.4, 0.5) is 11.4 Å². The second-order valence-corrected chi connectivity index (χ2v) is 4.68. The van der Waals surface area contributed by atoms with E-state index < -0.39 is 0 Å². The van der Waals surface area contributed by atoms with Gasteiger partial charge in [0, 0.05) is 31.1 Å². The van der Waals surface area contributed by atoms with E-state index in [9.17, 15) is 0 Å². The van der Waals surface area contributed by atoms with Crippen LogP contribution in [-0.4, -0.2) is 25.8 Å². The lowest BCUT2D eigenvalue weighted by atomic mass is 10.1. The maximum absolute atomic E-state index is 5.84. The molecule has 0 spiro atoms. The van der Waals surface area contributed by atoms with Crippen LogP contribution in [0.5, 0.6) is 0 Å². The summed E-state index contributed by atoms with van der Waals surface area (Å²) < 4.78 is 5.66. The molecule has 0 aromatic heterocycles. The lowest BCUT2D eigenvalue weighted by molar-refractivity contribution is 0.0459. The molecule has 0 unspecified atom stereocenters. The van der Waals surface area contributed by atoms with E-state index >= 15 is 0 Å². The van der Waals surface area contributed by atoms with Crippen molar-refractivity contribution in [2.45, 2.75) is 32.8 Å². The Balaban J connectivity index is 1.98. The van der Waals surface area contributed by atoms with Crippen LogP contribution in [0.2, 0.25) is 0 Å². The summed E-state index contributed by atoms with van der Waals surface area (Å²) in [5.74, 6) is 0. The predicted octanol–water partition coefficient (Wildman–Crippen LogP) is 2.58. The molecule has 1 aromatic carbocycles. The molecule has 17 heavy (non-hydrogen) atoms. The Hall–Kier alpha value is -1.22. The molecule has 3 nitrogen and oxygen atoms in total. The van der Waals surface area contributed by atoms with Crippen LogP contribution in [0.3, 0.4) is 0 Å². The molecule has 0 radical (unpaired) electrons. The van der Waals surface area contributed by atoms with Crippen molar-refractivity contribution in [2.24, 2.45) is 0 Å². The molecular formula is C14H22N2O. The molecule has 0 saturated carbocycles. The fourth-order valence-corrected chi connectivity index (χ4v) is 2.37. The maximum Gasteiger partial charge on any atom is 0.0608 e. The summed E-state index contributed by atoms with van der Waals surface area (Å²) in [4.78, 5) is 2.42. The van der Waals surface area contributed by atoms with Crippen molar-refractivity contribution in [3.05, 3.63) is 23.8 Å². The highest BCUT2D eigenvalue weighted by atomic mass is 16.5.